The average Bonchev–Trinajstić information content (AvgIpc) is 3.49. The van der Waals surface area contributed by atoms with Crippen LogP contribution in [0, 0.1) is 34.5 Å². The van der Waals surface area contributed by atoms with Gasteiger partial charge in [0.2, 0.25) is 0 Å². The monoisotopic (exact) mass is 822 g/mol. The van der Waals surface area contributed by atoms with Crippen molar-refractivity contribution in [2.24, 2.45) is 34.5 Å². The first-order valence-electron chi connectivity index (χ1n) is 20.4. The predicted molar refractivity (Wildman–Crippen MR) is 215 cm³/mol. The molecule has 1 N–H and O–H groups in total. The quantitative estimate of drug-likeness (QED) is 0.111. The zero-order chi connectivity index (χ0) is 41.4. The van der Waals surface area contributed by atoms with Gasteiger partial charge in [0.05, 0.1) is 29.6 Å². The number of halogens is 2. The van der Waals surface area contributed by atoms with Crippen molar-refractivity contribution in [1.29, 1.82) is 0 Å². The van der Waals surface area contributed by atoms with Gasteiger partial charge in [0, 0.05) is 36.9 Å². The first kappa shape index (κ1) is 44.9. The molecule has 0 aromatic heterocycles. The molecule has 2 bridgehead atoms. The van der Waals surface area contributed by atoms with Crippen LogP contribution in [0.2, 0.25) is 0 Å². The van der Waals surface area contributed by atoms with Gasteiger partial charge in [-0.3, -0.25) is 14.4 Å². The number of ether oxygens (including phenoxy) is 6. The molecule has 314 valence electrons. The van der Waals surface area contributed by atoms with E-state index in [0.29, 0.717) is 48.7 Å². The molecule has 0 aromatic rings. The van der Waals surface area contributed by atoms with Crippen molar-refractivity contribution in [1.82, 2.24) is 0 Å². The highest BCUT2D eigenvalue weighted by atomic mass is 35.5. The third-order valence-electron chi connectivity index (χ3n) is 12.7. The Labute approximate surface area is 343 Å². The minimum atomic E-state index is -1.91. The molecule has 3 fully saturated rings. The summed E-state index contributed by atoms with van der Waals surface area (Å²) >= 11 is 12.3. The largest absolute Gasteiger partial charge is 0.462 e. The molecule has 5 unspecified atom stereocenters. The number of allylic oxidation sites excluding steroid dienone is 2. The van der Waals surface area contributed by atoms with E-state index in [1.807, 2.05) is 19.9 Å². The summed E-state index contributed by atoms with van der Waals surface area (Å²) in [5.74, 6) is -3.24. The Hall–Kier alpha value is -2.21. The first-order valence-corrected chi connectivity index (χ1v) is 21.5. The van der Waals surface area contributed by atoms with Gasteiger partial charge < -0.3 is 33.5 Å². The Balaban J connectivity index is 1.60. The lowest BCUT2D eigenvalue weighted by atomic mass is 9.70. The number of hydrogen-bond donors (Lipinski definition) is 1. The van der Waals surface area contributed by atoms with Crippen molar-refractivity contribution in [2.45, 2.75) is 156 Å². The van der Waals surface area contributed by atoms with Gasteiger partial charge in [0.1, 0.15) is 29.8 Å². The number of fused-ring (bicyclic) bond motifs is 2. The summed E-state index contributed by atoms with van der Waals surface area (Å²) in [4.78, 5) is 41.3. The maximum atomic E-state index is 14.5. The second-order valence-corrected chi connectivity index (χ2v) is 18.9. The number of rotatable bonds is 8. The third kappa shape index (κ3) is 9.16. The summed E-state index contributed by atoms with van der Waals surface area (Å²) in [5, 5.41) is 12.8. The standard InChI is InChI=1S/C44H64Cl2O10/c1-11-25(2)35-28(5)17-18-43(56-35)21-32-20-31(55-43)16-15-27(4)34(53-39(48)41(7,8)23-45)26(3)13-12-14-30-22-51-37-36(54-40(49)42(9,10)24-46)29(6)19-33(38(47)52-32)44(30,37)50/h12-15,19,25-26,28,31-37,50H,11,16-18,20-24H2,1-10H3/b13-12+,27-15+,30-14+/t25-,26-,28-,31?,32?,33?,34-,35?,36+,37?,43+,44+/m0/s1. The van der Waals surface area contributed by atoms with Crippen LogP contribution in [0.3, 0.4) is 0 Å². The molecular weight excluding hydrogens is 759 g/mol. The van der Waals surface area contributed by atoms with Crippen LogP contribution in [0.1, 0.15) is 108 Å². The molecule has 12 atom stereocenters. The average molecular weight is 824 g/mol. The van der Waals surface area contributed by atoms with Crippen LogP contribution in [-0.4, -0.2) is 89.4 Å². The third-order valence-corrected chi connectivity index (χ3v) is 14.0. The molecule has 10 nitrogen and oxygen atoms in total. The lowest BCUT2D eigenvalue weighted by Gasteiger charge is -2.51. The van der Waals surface area contributed by atoms with Gasteiger partial charge in [-0.15, -0.1) is 23.2 Å². The van der Waals surface area contributed by atoms with Crippen molar-refractivity contribution in [2.75, 3.05) is 18.4 Å². The molecule has 1 aliphatic carbocycles. The summed E-state index contributed by atoms with van der Waals surface area (Å²) in [5.41, 5.74) is -1.98. The fraction of sp³-hybridized carbons (Fsp3) is 0.750. The Kier molecular flexibility index (Phi) is 14.1. The van der Waals surface area contributed by atoms with Gasteiger partial charge in [-0.1, -0.05) is 64.5 Å². The van der Waals surface area contributed by atoms with E-state index < -0.39 is 70.5 Å². The second-order valence-electron chi connectivity index (χ2n) is 18.4. The van der Waals surface area contributed by atoms with Crippen LogP contribution >= 0.6 is 23.2 Å². The number of esters is 3. The Morgan fingerprint density at radius 2 is 1.64 bits per heavy atom. The molecule has 4 aliphatic heterocycles. The molecule has 5 aliphatic rings. The van der Waals surface area contributed by atoms with Crippen LogP contribution in [0.5, 0.6) is 0 Å². The van der Waals surface area contributed by atoms with E-state index in [9.17, 15) is 19.5 Å². The normalized spacial score (nSPS) is 39.8. The van der Waals surface area contributed by atoms with E-state index in [0.717, 1.165) is 18.4 Å². The number of hydrogen-bond acceptors (Lipinski definition) is 10. The molecule has 0 amide bonds. The van der Waals surface area contributed by atoms with Gasteiger partial charge in [-0.05, 0) is 82.9 Å². The predicted octanol–water partition coefficient (Wildman–Crippen LogP) is 8.16. The lowest BCUT2D eigenvalue weighted by molar-refractivity contribution is -0.340. The molecule has 0 saturated carbocycles. The second kappa shape index (κ2) is 17.6. The molecule has 0 aromatic carbocycles. The van der Waals surface area contributed by atoms with Gasteiger partial charge >= 0.3 is 17.9 Å². The number of alkyl halides is 2. The summed E-state index contributed by atoms with van der Waals surface area (Å²) < 4.78 is 38.7. The lowest BCUT2D eigenvalue weighted by Crippen LogP contribution is -2.59. The molecule has 4 heterocycles. The van der Waals surface area contributed by atoms with E-state index in [1.54, 1.807) is 52.8 Å². The van der Waals surface area contributed by atoms with Crippen molar-refractivity contribution in [3.05, 3.63) is 47.1 Å². The fourth-order valence-corrected chi connectivity index (χ4v) is 8.76. The highest BCUT2D eigenvalue weighted by molar-refractivity contribution is 6.20. The van der Waals surface area contributed by atoms with E-state index >= 15 is 0 Å². The minimum absolute atomic E-state index is 0.0233. The van der Waals surface area contributed by atoms with Gasteiger partial charge in [-0.2, -0.15) is 0 Å². The number of carbonyl (C=O) groups is 3. The molecular formula is C44H64Cl2O10. The van der Waals surface area contributed by atoms with Crippen LogP contribution in [0.4, 0.5) is 0 Å². The van der Waals surface area contributed by atoms with E-state index in [-0.39, 0.29) is 36.5 Å². The zero-order valence-corrected chi connectivity index (χ0v) is 36.4. The van der Waals surface area contributed by atoms with Crippen LogP contribution in [0.25, 0.3) is 0 Å². The molecule has 5 rings (SSSR count). The minimum Gasteiger partial charge on any atom is -0.462 e. The molecule has 1 spiro atoms. The summed E-state index contributed by atoms with van der Waals surface area (Å²) in [6, 6.07) is 0. The van der Waals surface area contributed by atoms with Crippen molar-refractivity contribution in [3.63, 3.8) is 0 Å². The maximum Gasteiger partial charge on any atom is 0.316 e. The van der Waals surface area contributed by atoms with Crippen LogP contribution < -0.4 is 0 Å². The number of aliphatic hydroxyl groups is 1. The molecule has 12 heteroatoms. The van der Waals surface area contributed by atoms with E-state index in [4.69, 9.17) is 51.6 Å². The highest BCUT2D eigenvalue weighted by Gasteiger charge is 2.61. The first-order chi connectivity index (χ1) is 26.2. The van der Waals surface area contributed by atoms with Crippen LogP contribution in [0.15, 0.2) is 47.1 Å². The van der Waals surface area contributed by atoms with E-state index in [2.05, 4.69) is 26.8 Å². The van der Waals surface area contributed by atoms with Gasteiger partial charge in [0.25, 0.3) is 0 Å². The summed E-state index contributed by atoms with van der Waals surface area (Å²) in [6.07, 6.45) is 9.09. The topological polar surface area (TPSA) is 127 Å². The molecule has 0 radical (unpaired) electrons. The SMILES string of the molecule is CC[C@H](C)C1O[C@]2(CC[C@@H]1C)CC1CC(C/C=C(\C)[C@@H](OC(=O)C(C)(C)CCl)[C@@H](C)/C=C/C=C3\COC4[C@H](OC(=O)C(C)(C)CCl)C(C)=CC(C(=O)O1)[C@]34O)O2. The molecule has 3 saturated heterocycles. The van der Waals surface area contributed by atoms with Gasteiger partial charge in [-0.25, -0.2) is 0 Å². The fourth-order valence-electron chi connectivity index (χ4n) is 8.54. The van der Waals surface area contributed by atoms with Crippen molar-refractivity contribution < 1.29 is 47.9 Å². The van der Waals surface area contributed by atoms with Gasteiger partial charge in [0.15, 0.2) is 11.9 Å². The van der Waals surface area contributed by atoms with Crippen molar-refractivity contribution >= 4 is 41.1 Å². The smallest absolute Gasteiger partial charge is 0.316 e. The number of carbonyl (C=O) groups excluding carboxylic acids is 3. The Morgan fingerprint density at radius 3 is 2.27 bits per heavy atom. The highest BCUT2D eigenvalue weighted by Crippen LogP contribution is 2.49. The maximum absolute atomic E-state index is 14.5. The zero-order valence-electron chi connectivity index (χ0n) is 34.9. The molecule has 56 heavy (non-hydrogen) atoms. The van der Waals surface area contributed by atoms with Crippen LogP contribution in [-0.2, 0) is 42.8 Å². The van der Waals surface area contributed by atoms with Crippen molar-refractivity contribution in [3.8, 4) is 0 Å². The summed E-state index contributed by atoms with van der Waals surface area (Å²) in [6.45, 7) is 19.1. The van der Waals surface area contributed by atoms with E-state index in [1.165, 1.54) is 0 Å². The Bertz CT molecular complexity index is 1590. The Morgan fingerprint density at radius 1 is 1.00 bits per heavy atom. The summed E-state index contributed by atoms with van der Waals surface area (Å²) in [7, 11) is 0.